The van der Waals surface area contributed by atoms with Gasteiger partial charge in [-0.1, -0.05) is 0 Å². The van der Waals surface area contributed by atoms with Crippen LogP contribution in [0.15, 0.2) is 59.4 Å². The standard InChI is InChI=1S/C22H22N2O6/c1-29-19-10-4-14(11-20(19)30-2)18-9-3-15(22(28)23-18)12-24(13-21(26)27)16-5-7-17(25)8-6-16/h3-11,25H,12-13H2,1-2H3,(H,23,28)(H,26,27). The third kappa shape index (κ3) is 4.72. The summed E-state index contributed by atoms with van der Waals surface area (Å²) in [5.74, 6) is 0.172. The van der Waals surface area contributed by atoms with Crippen molar-refractivity contribution < 1.29 is 24.5 Å². The van der Waals surface area contributed by atoms with Gasteiger partial charge in [-0.2, -0.15) is 0 Å². The number of aromatic amines is 1. The Balaban J connectivity index is 1.89. The highest BCUT2D eigenvalue weighted by Gasteiger charge is 2.14. The van der Waals surface area contributed by atoms with E-state index < -0.39 is 5.97 Å². The lowest BCUT2D eigenvalue weighted by Crippen LogP contribution is -2.31. The van der Waals surface area contributed by atoms with Crippen LogP contribution < -0.4 is 19.9 Å². The summed E-state index contributed by atoms with van der Waals surface area (Å²) in [6, 6.07) is 14.9. The Bertz CT molecular complexity index is 1090. The second-order valence-corrected chi connectivity index (χ2v) is 6.56. The summed E-state index contributed by atoms with van der Waals surface area (Å²) >= 11 is 0. The van der Waals surface area contributed by atoms with Crippen LogP contribution in [0.3, 0.4) is 0 Å². The molecular formula is C22H22N2O6. The maximum atomic E-state index is 12.7. The number of phenolic OH excluding ortho intramolecular Hbond substituents is 1. The number of aliphatic carboxylic acids is 1. The zero-order valence-electron chi connectivity index (χ0n) is 16.6. The Labute approximate surface area is 172 Å². The topological polar surface area (TPSA) is 112 Å². The zero-order valence-corrected chi connectivity index (χ0v) is 16.6. The molecule has 0 aliphatic carbocycles. The molecule has 8 heteroatoms. The number of carbonyl (C=O) groups is 1. The molecule has 0 bridgehead atoms. The van der Waals surface area contributed by atoms with E-state index in [0.717, 1.165) is 5.56 Å². The van der Waals surface area contributed by atoms with Crippen LogP contribution in [0.1, 0.15) is 5.56 Å². The Kier molecular flexibility index (Phi) is 6.26. The summed E-state index contributed by atoms with van der Waals surface area (Å²) < 4.78 is 10.5. The van der Waals surface area contributed by atoms with Crippen LogP contribution in [0.25, 0.3) is 11.3 Å². The molecule has 3 N–H and O–H groups in total. The van der Waals surface area contributed by atoms with Crippen LogP contribution >= 0.6 is 0 Å². The van der Waals surface area contributed by atoms with Gasteiger partial charge in [-0.25, -0.2) is 0 Å². The number of methoxy groups -OCH3 is 2. The first-order chi connectivity index (χ1) is 14.4. The van der Waals surface area contributed by atoms with E-state index in [1.807, 2.05) is 0 Å². The molecule has 3 rings (SSSR count). The lowest BCUT2D eigenvalue weighted by atomic mass is 10.1. The third-order valence-electron chi connectivity index (χ3n) is 4.59. The molecule has 0 fully saturated rings. The van der Waals surface area contributed by atoms with Gasteiger partial charge in [0.2, 0.25) is 0 Å². The smallest absolute Gasteiger partial charge is 0.323 e. The molecular weight excluding hydrogens is 388 g/mol. The molecule has 2 aromatic carbocycles. The number of carboxylic acids is 1. The van der Waals surface area contributed by atoms with E-state index in [1.165, 1.54) is 19.2 Å². The Morgan fingerprint density at radius 1 is 1.00 bits per heavy atom. The summed E-state index contributed by atoms with van der Waals surface area (Å²) in [6.07, 6.45) is 0. The van der Waals surface area contributed by atoms with Crippen LogP contribution in [0, 0.1) is 0 Å². The maximum absolute atomic E-state index is 12.7. The van der Waals surface area contributed by atoms with E-state index in [-0.39, 0.29) is 24.4 Å². The lowest BCUT2D eigenvalue weighted by Gasteiger charge is -2.22. The number of hydrogen-bond acceptors (Lipinski definition) is 6. The van der Waals surface area contributed by atoms with Gasteiger partial charge in [0.25, 0.3) is 5.56 Å². The molecule has 0 spiro atoms. The molecule has 0 aliphatic rings. The fraction of sp³-hybridized carbons (Fsp3) is 0.182. The molecule has 8 nitrogen and oxygen atoms in total. The molecule has 156 valence electrons. The summed E-state index contributed by atoms with van der Waals surface area (Å²) in [5, 5.41) is 18.7. The Morgan fingerprint density at radius 2 is 1.70 bits per heavy atom. The minimum Gasteiger partial charge on any atom is -0.508 e. The molecule has 0 amide bonds. The number of aromatic hydroxyl groups is 1. The average molecular weight is 410 g/mol. The van der Waals surface area contributed by atoms with Gasteiger partial charge in [-0.15, -0.1) is 0 Å². The van der Waals surface area contributed by atoms with Crippen molar-refractivity contribution in [1.82, 2.24) is 4.98 Å². The summed E-state index contributed by atoms with van der Waals surface area (Å²) in [7, 11) is 3.08. The van der Waals surface area contributed by atoms with Gasteiger partial charge < -0.3 is 29.6 Å². The van der Waals surface area contributed by atoms with E-state index in [2.05, 4.69) is 4.98 Å². The number of ether oxygens (including phenoxy) is 2. The first-order valence-corrected chi connectivity index (χ1v) is 9.11. The second kappa shape index (κ2) is 9.04. The highest BCUT2D eigenvalue weighted by Crippen LogP contribution is 2.31. The Morgan fingerprint density at radius 3 is 2.30 bits per heavy atom. The van der Waals surface area contributed by atoms with Gasteiger partial charge in [-0.05, 0) is 54.6 Å². The number of carboxylic acid groups (broad SMARTS) is 1. The number of nitrogens with one attached hydrogen (secondary N) is 1. The molecule has 1 aromatic heterocycles. The minimum absolute atomic E-state index is 0.0751. The fourth-order valence-electron chi connectivity index (χ4n) is 3.07. The minimum atomic E-state index is -1.03. The van der Waals surface area contributed by atoms with E-state index >= 15 is 0 Å². The number of rotatable bonds is 8. The van der Waals surface area contributed by atoms with E-state index in [4.69, 9.17) is 9.47 Å². The number of benzene rings is 2. The molecule has 3 aromatic rings. The number of aromatic nitrogens is 1. The van der Waals surface area contributed by atoms with Gasteiger partial charge >= 0.3 is 5.97 Å². The number of pyridine rings is 1. The highest BCUT2D eigenvalue weighted by atomic mass is 16.5. The number of nitrogens with zero attached hydrogens (tertiary/aromatic N) is 1. The number of phenols is 1. The fourth-order valence-corrected chi connectivity index (χ4v) is 3.07. The predicted molar refractivity (Wildman–Crippen MR) is 112 cm³/mol. The largest absolute Gasteiger partial charge is 0.508 e. The van der Waals surface area contributed by atoms with Crippen molar-refractivity contribution in [3.8, 4) is 28.5 Å². The van der Waals surface area contributed by atoms with E-state index in [0.29, 0.717) is 28.4 Å². The van der Waals surface area contributed by atoms with Gasteiger partial charge in [0, 0.05) is 29.1 Å². The van der Waals surface area contributed by atoms with Crippen LogP contribution in [0.4, 0.5) is 5.69 Å². The molecule has 0 atom stereocenters. The van der Waals surface area contributed by atoms with Crippen molar-refractivity contribution >= 4 is 11.7 Å². The van der Waals surface area contributed by atoms with Crippen LogP contribution in [-0.2, 0) is 11.3 Å². The predicted octanol–water partition coefficient (Wildman–Crippen LogP) is 2.86. The van der Waals surface area contributed by atoms with Gasteiger partial charge in [0.15, 0.2) is 11.5 Å². The molecule has 0 aliphatic heterocycles. The van der Waals surface area contributed by atoms with Crippen LogP contribution in [0.5, 0.6) is 17.2 Å². The van der Waals surface area contributed by atoms with Crippen molar-refractivity contribution in [2.24, 2.45) is 0 Å². The van der Waals surface area contributed by atoms with Gasteiger partial charge in [-0.3, -0.25) is 9.59 Å². The monoisotopic (exact) mass is 410 g/mol. The lowest BCUT2D eigenvalue weighted by molar-refractivity contribution is -0.135. The molecule has 30 heavy (non-hydrogen) atoms. The van der Waals surface area contributed by atoms with Gasteiger partial charge in [0.05, 0.1) is 14.2 Å². The molecule has 0 radical (unpaired) electrons. The SMILES string of the molecule is COc1ccc(-c2ccc(CN(CC(=O)O)c3ccc(O)cc3)c(=O)[nH]2)cc1OC. The summed E-state index contributed by atoms with van der Waals surface area (Å²) in [6.45, 7) is -0.194. The highest BCUT2D eigenvalue weighted by molar-refractivity contribution is 5.74. The first-order valence-electron chi connectivity index (χ1n) is 9.11. The summed E-state index contributed by atoms with van der Waals surface area (Å²) in [5.41, 5.74) is 2.01. The normalized spacial score (nSPS) is 10.5. The van der Waals surface area contributed by atoms with Crippen molar-refractivity contribution in [3.63, 3.8) is 0 Å². The molecule has 1 heterocycles. The average Bonchev–Trinajstić information content (AvgIpc) is 2.74. The maximum Gasteiger partial charge on any atom is 0.323 e. The molecule has 0 saturated heterocycles. The van der Waals surface area contributed by atoms with Gasteiger partial charge in [0.1, 0.15) is 12.3 Å². The Hall–Kier alpha value is -3.94. The number of hydrogen-bond donors (Lipinski definition) is 3. The summed E-state index contributed by atoms with van der Waals surface area (Å²) in [4.78, 5) is 28.3. The molecule has 0 saturated carbocycles. The number of H-pyrrole nitrogens is 1. The number of anilines is 1. The van der Waals surface area contributed by atoms with E-state index in [9.17, 15) is 19.8 Å². The third-order valence-corrected chi connectivity index (χ3v) is 4.59. The second-order valence-electron chi connectivity index (χ2n) is 6.56. The van der Waals surface area contributed by atoms with Crippen LogP contribution in [0.2, 0.25) is 0 Å². The van der Waals surface area contributed by atoms with E-state index in [1.54, 1.807) is 54.5 Å². The first kappa shape index (κ1) is 20.8. The zero-order chi connectivity index (χ0) is 21.7. The van der Waals surface area contributed by atoms with Crippen molar-refractivity contribution in [1.29, 1.82) is 0 Å². The van der Waals surface area contributed by atoms with Crippen LogP contribution in [-0.4, -0.2) is 41.9 Å². The molecule has 0 unspecified atom stereocenters. The van der Waals surface area contributed by atoms with Crippen molar-refractivity contribution in [2.45, 2.75) is 6.54 Å². The quantitative estimate of drug-likeness (QED) is 0.523. The van der Waals surface area contributed by atoms with Crippen molar-refractivity contribution in [2.75, 3.05) is 25.7 Å². The van der Waals surface area contributed by atoms with Crippen molar-refractivity contribution in [3.05, 3.63) is 70.5 Å².